The maximum atomic E-state index is 13.3. The molecular weight excluding hydrogens is 488 g/mol. The number of nitrogen functional groups attached to an aromatic ring is 1. The lowest BCUT2D eigenvalue weighted by Gasteiger charge is -2.22. The van der Waals surface area contributed by atoms with Gasteiger partial charge in [-0.1, -0.05) is 41.2 Å². The zero-order valence-corrected chi connectivity index (χ0v) is 20.7. The second-order valence-electron chi connectivity index (χ2n) is 8.55. The fraction of sp³-hybridized carbons (Fsp3) is 0.280. The van der Waals surface area contributed by atoms with Crippen molar-refractivity contribution >= 4 is 40.6 Å². The standard InChI is InChI=1S/C25H27ClN4O4S/c1-30-10-8-16-3-4-18(14-17(16)9-11-30)28-24(32)20(13-15-2-5-21(31)19(27)12-15)29-25(33)34-23-7-6-22(26)35-23/h2-7,9,12,14,16,20,31H,8,10-11,13,27H2,1H3,(H,28,32)(H,29,33). The van der Waals surface area contributed by atoms with Crippen LogP contribution in [0.1, 0.15) is 12.0 Å². The van der Waals surface area contributed by atoms with Gasteiger partial charge in [0, 0.05) is 24.6 Å². The van der Waals surface area contributed by atoms with Crippen LogP contribution in [0.15, 0.2) is 65.9 Å². The Hall–Kier alpha value is -3.27. The second kappa shape index (κ2) is 11.0. The molecule has 10 heteroatoms. The van der Waals surface area contributed by atoms with Crippen LogP contribution in [0.3, 0.4) is 0 Å². The molecule has 2 unspecified atom stereocenters. The van der Waals surface area contributed by atoms with Gasteiger partial charge in [0.05, 0.1) is 10.0 Å². The average molecular weight is 515 g/mol. The number of halogens is 1. The van der Waals surface area contributed by atoms with Crippen LogP contribution in [0.5, 0.6) is 10.8 Å². The lowest BCUT2D eigenvalue weighted by Crippen LogP contribution is -2.48. The topological polar surface area (TPSA) is 117 Å². The lowest BCUT2D eigenvalue weighted by molar-refractivity contribution is -0.122. The summed E-state index contributed by atoms with van der Waals surface area (Å²) in [6.07, 6.45) is 8.52. The largest absolute Gasteiger partial charge is 0.506 e. The van der Waals surface area contributed by atoms with Gasteiger partial charge >= 0.3 is 6.09 Å². The lowest BCUT2D eigenvalue weighted by atomic mass is 9.91. The number of phenolic OH excluding ortho intramolecular Hbond substituents is 1. The number of likely N-dealkylation sites (N-methyl/N-ethyl adjacent to an activating group) is 1. The van der Waals surface area contributed by atoms with Gasteiger partial charge in [0.25, 0.3) is 0 Å². The molecule has 2 aromatic rings. The van der Waals surface area contributed by atoms with E-state index in [4.69, 9.17) is 22.1 Å². The van der Waals surface area contributed by atoms with E-state index in [2.05, 4.69) is 34.7 Å². The number of nitrogens with two attached hydrogens (primary N) is 1. The van der Waals surface area contributed by atoms with Gasteiger partial charge in [-0.05, 0) is 67.6 Å². The molecule has 1 aromatic heterocycles. The number of thiophene rings is 1. The fourth-order valence-electron chi connectivity index (χ4n) is 3.95. The van der Waals surface area contributed by atoms with Crippen LogP contribution in [-0.2, 0) is 11.2 Å². The molecule has 0 saturated heterocycles. The molecule has 8 nitrogen and oxygen atoms in total. The van der Waals surface area contributed by atoms with Crippen LogP contribution in [0, 0.1) is 5.92 Å². The summed E-state index contributed by atoms with van der Waals surface area (Å²) in [4.78, 5) is 28.0. The first-order valence-corrected chi connectivity index (χ1v) is 12.4. The Morgan fingerprint density at radius 2 is 2.17 bits per heavy atom. The van der Waals surface area contributed by atoms with Crippen LogP contribution in [-0.4, -0.2) is 48.2 Å². The van der Waals surface area contributed by atoms with E-state index in [1.165, 1.54) is 6.07 Å². The number of nitrogens with one attached hydrogen (secondary N) is 2. The number of hydrogen-bond acceptors (Lipinski definition) is 7. The molecule has 35 heavy (non-hydrogen) atoms. The summed E-state index contributed by atoms with van der Waals surface area (Å²) in [6, 6.07) is 6.91. The molecule has 5 N–H and O–H groups in total. The first-order valence-electron chi connectivity index (χ1n) is 11.2. The highest BCUT2D eigenvalue weighted by Gasteiger charge is 2.25. The third-order valence-corrected chi connectivity index (χ3v) is 6.98. The van der Waals surface area contributed by atoms with E-state index in [1.807, 2.05) is 12.2 Å². The Labute approximate surface area is 212 Å². The number of phenols is 1. The molecule has 1 aliphatic heterocycles. The highest BCUT2D eigenvalue weighted by atomic mass is 35.5. The summed E-state index contributed by atoms with van der Waals surface area (Å²) in [7, 11) is 2.08. The highest BCUT2D eigenvalue weighted by Crippen LogP contribution is 2.29. The van der Waals surface area contributed by atoms with Crippen molar-refractivity contribution in [2.24, 2.45) is 5.92 Å². The molecule has 0 saturated carbocycles. The molecule has 0 bridgehead atoms. The molecule has 1 aromatic carbocycles. The summed E-state index contributed by atoms with van der Waals surface area (Å²) in [5.74, 6) is -0.133. The van der Waals surface area contributed by atoms with E-state index in [1.54, 1.807) is 24.3 Å². The summed E-state index contributed by atoms with van der Waals surface area (Å²) in [6.45, 7) is 1.85. The second-order valence-corrected chi connectivity index (χ2v) is 10.2. The molecule has 0 radical (unpaired) electrons. The number of carbonyl (C=O) groups is 2. The molecule has 184 valence electrons. The number of nitrogens with zero attached hydrogens (tertiary/aromatic N) is 1. The number of rotatable bonds is 6. The van der Waals surface area contributed by atoms with Crippen molar-refractivity contribution in [1.82, 2.24) is 15.5 Å². The minimum absolute atomic E-state index is 0.0499. The molecule has 0 spiro atoms. The number of amides is 2. The van der Waals surface area contributed by atoms with Gasteiger partial charge in [-0.15, -0.1) is 0 Å². The van der Waals surface area contributed by atoms with Crippen LogP contribution in [0.4, 0.5) is 10.5 Å². The van der Waals surface area contributed by atoms with Crippen LogP contribution in [0.2, 0.25) is 4.34 Å². The molecule has 2 heterocycles. The van der Waals surface area contributed by atoms with Gasteiger partial charge in [-0.3, -0.25) is 4.79 Å². The van der Waals surface area contributed by atoms with Gasteiger partial charge in [-0.25, -0.2) is 4.79 Å². The average Bonchev–Trinajstić information content (AvgIpc) is 3.13. The number of anilines is 1. The summed E-state index contributed by atoms with van der Waals surface area (Å²) < 4.78 is 5.76. The monoisotopic (exact) mass is 514 g/mol. The van der Waals surface area contributed by atoms with Crippen LogP contribution in [0.25, 0.3) is 0 Å². The number of benzene rings is 1. The number of aromatic hydroxyl groups is 1. The third-order valence-electron chi connectivity index (χ3n) is 5.87. The summed E-state index contributed by atoms with van der Waals surface area (Å²) >= 11 is 7.01. The number of hydrogen-bond donors (Lipinski definition) is 4. The van der Waals surface area contributed by atoms with E-state index in [9.17, 15) is 14.7 Å². The molecule has 2 aliphatic rings. The molecule has 2 amide bonds. The van der Waals surface area contributed by atoms with Gasteiger partial charge in [0.1, 0.15) is 11.8 Å². The van der Waals surface area contributed by atoms with Crippen molar-refractivity contribution < 1.29 is 19.4 Å². The Kier molecular flexibility index (Phi) is 7.80. The molecule has 1 aliphatic carbocycles. The normalized spacial score (nSPS) is 18.5. The number of fused-ring (bicyclic) bond motifs is 1. The summed E-state index contributed by atoms with van der Waals surface area (Å²) in [5, 5.41) is 15.6. The third kappa shape index (κ3) is 6.66. The zero-order valence-electron chi connectivity index (χ0n) is 19.2. The minimum Gasteiger partial charge on any atom is -0.506 e. The van der Waals surface area contributed by atoms with Crippen molar-refractivity contribution in [3.63, 3.8) is 0 Å². The van der Waals surface area contributed by atoms with E-state index in [0.717, 1.165) is 36.4 Å². The Morgan fingerprint density at radius 3 is 2.91 bits per heavy atom. The predicted octanol–water partition coefficient (Wildman–Crippen LogP) is 3.84. The van der Waals surface area contributed by atoms with Crippen molar-refractivity contribution in [1.29, 1.82) is 0 Å². The number of ether oxygens (including phenoxy) is 1. The molecule has 4 rings (SSSR count). The maximum Gasteiger partial charge on any atom is 0.414 e. The zero-order chi connectivity index (χ0) is 24.9. The fourth-order valence-corrected chi connectivity index (χ4v) is 4.82. The van der Waals surface area contributed by atoms with Gasteiger partial charge in [0.15, 0.2) is 5.06 Å². The van der Waals surface area contributed by atoms with Crippen molar-refractivity contribution in [2.45, 2.75) is 18.9 Å². The highest BCUT2D eigenvalue weighted by molar-refractivity contribution is 7.17. The van der Waals surface area contributed by atoms with Gasteiger partial charge in [-0.2, -0.15) is 0 Å². The smallest absolute Gasteiger partial charge is 0.414 e. The molecule has 0 fully saturated rings. The van der Waals surface area contributed by atoms with Crippen molar-refractivity contribution in [2.75, 3.05) is 25.9 Å². The van der Waals surface area contributed by atoms with Crippen LogP contribution >= 0.6 is 22.9 Å². The Morgan fingerprint density at radius 1 is 1.34 bits per heavy atom. The van der Waals surface area contributed by atoms with E-state index >= 15 is 0 Å². The first kappa shape index (κ1) is 24.8. The van der Waals surface area contributed by atoms with Crippen molar-refractivity contribution in [3.8, 4) is 10.8 Å². The SMILES string of the molecule is CN1CC=C2C=C(NC(=O)C(Cc3ccc(O)c(N)c3)NC(=O)Oc3ccc(Cl)s3)C=CC2CC1. The number of carbonyl (C=O) groups excluding carboxylic acids is 2. The minimum atomic E-state index is -0.955. The molecule has 2 atom stereocenters. The Balaban J connectivity index is 1.49. The first-order chi connectivity index (χ1) is 16.8. The predicted molar refractivity (Wildman–Crippen MR) is 138 cm³/mol. The number of allylic oxidation sites excluding steroid dienone is 4. The van der Waals surface area contributed by atoms with Gasteiger partial charge < -0.3 is 31.1 Å². The summed E-state index contributed by atoms with van der Waals surface area (Å²) in [5.41, 5.74) is 8.48. The van der Waals surface area contributed by atoms with Gasteiger partial charge in [0.2, 0.25) is 5.91 Å². The Bertz CT molecular complexity index is 1210. The van der Waals surface area contributed by atoms with E-state index in [0.29, 0.717) is 26.6 Å². The maximum absolute atomic E-state index is 13.3. The van der Waals surface area contributed by atoms with E-state index in [-0.39, 0.29) is 17.9 Å². The quantitative estimate of drug-likeness (QED) is 0.344. The van der Waals surface area contributed by atoms with Crippen molar-refractivity contribution in [3.05, 3.63) is 75.8 Å². The van der Waals surface area contributed by atoms with Crippen LogP contribution < -0.4 is 21.1 Å². The van der Waals surface area contributed by atoms with E-state index < -0.39 is 18.0 Å². The molecular formula is C25H27ClN4O4S.